The molecule has 0 saturated carbocycles. The molecule has 1 aromatic carbocycles. The molecule has 0 bridgehead atoms. The van der Waals surface area contributed by atoms with E-state index in [2.05, 4.69) is 0 Å². The standard InChI is InChI=1S/C10H12FNO3.ClH/c1-5-2-6(10(14)15)3-7(9(5)13)8(12)4-11;/h2-3,8,13H,4,12H2,1H3,(H,14,15);1H/t8-;/m0./s1. The number of hydrogen-bond acceptors (Lipinski definition) is 3. The number of halogens is 2. The van der Waals surface area contributed by atoms with E-state index >= 15 is 0 Å². The Hall–Kier alpha value is -1.33. The SMILES string of the molecule is Cc1cc(C(=O)O)cc([C@@H](N)CF)c1O.Cl. The summed E-state index contributed by atoms with van der Waals surface area (Å²) >= 11 is 0. The molecule has 0 aliphatic rings. The summed E-state index contributed by atoms with van der Waals surface area (Å²) in [6, 6.07) is 1.50. The zero-order valence-corrected chi connectivity index (χ0v) is 9.42. The number of aryl methyl sites for hydroxylation is 1. The van der Waals surface area contributed by atoms with Crippen LogP contribution in [-0.2, 0) is 0 Å². The van der Waals surface area contributed by atoms with Gasteiger partial charge in [0.05, 0.1) is 11.6 Å². The van der Waals surface area contributed by atoms with E-state index in [4.69, 9.17) is 10.8 Å². The molecule has 1 atom stereocenters. The van der Waals surface area contributed by atoms with Crippen LogP contribution in [-0.4, -0.2) is 22.9 Å². The molecule has 0 spiro atoms. The van der Waals surface area contributed by atoms with Gasteiger partial charge in [-0.2, -0.15) is 0 Å². The highest BCUT2D eigenvalue weighted by atomic mass is 35.5. The quantitative estimate of drug-likeness (QED) is 0.763. The van der Waals surface area contributed by atoms with E-state index in [1.807, 2.05) is 0 Å². The van der Waals surface area contributed by atoms with Gasteiger partial charge in [0, 0.05) is 5.56 Å². The summed E-state index contributed by atoms with van der Waals surface area (Å²) in [7, 11) is 0. The van der Waals surface area contributed by atoms with Crippen molar-refractivity contribution < 1.29 is 19.4 Å². The van der Waals surface area contributed by atoms with Gasteiger partial charge < -0.3 is 15.9 Å². The second kappa shape index (κ2) is 5.67. The van der Waals surface area contributed by atoms with Crippen LogP contribution in [0.2, 0.25) is 0 Å². The molecule has 16 heavy (non-hydrogen) atoms. The zero-order chi connectivity index (χ0) is 11.6. The van der Waals surface area contributed by atoms with Gasteiger partial charge in [0.15, 0.2) is 0 Å². The maximum Gasteiger partial charge on any atom is 0.335 e. The van der Waals surface area contributed by atoms with Crippen molar-refractivity contribution in [3.05, 3.63) is 28.8 Å². The predicted octanol–water partition coefficient (Wildman–Crippen LogP) is 1.79. The molecule has 4 nitrogen and oxygen atoms in total. The normalized spacial score (nSPS) is 11.7. The van der Waals surface area contributed by atoms with Gasteiger partial charge in [-0.3, -0.25) is 0 Å². The fraction of sp³-hybridized carbons (Fsp3) is 0.300. The van der Waals surface area contributed by atoms with Crippen LogP contribution in [0.25, 0.3) is 0 Å². The van der Waals surface area contributed by atoms with Crippen molar-refractivity contribution in [1.82, 2.24) is 0 Å². The summed E-state index contributed by atoms with van der Waals surface area (Å²) in [6.45, 7) is 0.687. The minimum absolute atomic E-state index is 0. The summed E-state index contributed by atoms with van der Waals surface area (Å²) in [4.78, 5) is 10.7. The van der Waals surface area contributed by atoms with Gasteiger partial charge in [-0.1, -0.05) is 0 Å². The van der Waals surface area contributed by atoms with Crippen molar-refractivity contribution in [2.45, 2.75) is 13.0 Å². The predicted molar refractivity (Wildman–Crippen MR) is 60.0 cm³/mol. The first-order valence-electron chi connectivity index (χ1n) is 4.35. The summed E-state index contributed by atoms with van der Waals surface area (Å²) in [5.41, 5.74) is 5.88. The van der Waals surface area contributed by atoms with Crippen molar-refractivity contribution in [3.63, 3.8) is 0 Å². The Morgan fingerprint density at radius 2 is 2.12 bits per heavy atom. The molecular formula is C10H13ClFNO3. The summed E-state index contributed by atoms with van der Waals surface area (Å²) in [5, 5.41) is 18.3. The van der Waals surface area contributed by atoms with Crippen LogP contribution in [0.1, 0.15) is 27.5 Å². The van der Waals surface area contributed by atoms with E-state index in [9.17, 15) is 14.3 Å². The second-order valence-corrected chi connectivity index (χ2v) is 3.30. The van der Waals surface area contributed by atoms with Gasteiger partial charge in [0.2, 0.25) is 0 Å². The third-order valence-corrected chi connectivity index (χ3v) is 2.14. The van der Waals surface area contributed by atoms with Gasteiger partial charge in [0.1, 0.15) is 12.4 Å². The Labute approximate surface area is 98.3 Å². The van der Waals surface area contributed by atoms with Crippen LogP contribution < -0.4 is 5.73 Å². The summed E-state index contributed by atoms with van der Waals surface area (Å²) < 4.78 is 12.3. The second-order valence-electron chi connectivity index (χ2n) is 3.30. The van der Waals surface area contributed by atoms with Gasteiger partial charge in [0.25, 0.3) is 0 Å². The van der Waals surface area contributed by atoms with Crippen molar-refractivity contribution in [2.24, 2.45) is 5.73 Å². The van der Waals surface area contributed by atoms with E-state index in [1.54, 1.807) is 0 Å². The molecule has 0 heterocycles. The van der Waals surface area contributed by atoms with Crippen molar-refractivity contribution in [3.8, 4) is 5.75 Å². The van der Waals surface area contributed by atoms with Crippen LogP contribution in [0, 0.1) is 6.92 Å². The number of carbonyl (C=O) groups is 1. The minimum Gasteiger partial charge on any atom is -0.507 e. The largest absolute Gasteiger partial charge is 0.507 e. The highest BCUT2D eigenvalue weighted by molar-refractivity contribution is 5.88. The van der Waals surface area contributed by atoms with Crippen LogP contribution in [0.15, 0.2) is 12.1 Å². The number of alkyl halides is 1. The average Bonchev–Trinajstić information content (AvgIpc) is 2.20. The number of benzene rings is 1. The summed E-state index contributed by atoms with van der Waals surface area (Å²) in [6.07, 6.45) is 0. The number of carboxylic acids is 1. The lowest BCUT2D eigenvalue weighted by Crippen LogP contribution is -2.14. The topological polar surface area (TPSA) is 83.5 Å². The number of aromatic hydroxyl groups is 1. The van der Waals surface area contributed by atoms with Crippen LogP contribution in [0.3, 0.4) is 0 Å². The molecular weight excluding hydrogens is 237 g/mol. The van der Waals surface area contributed by atoms with Crippen LogP contribution in [0.5, 0.6) is 5.75 Å². The number of hydrogen-bond donors (Lipinski definition) is 3. The molecule has 0 radical (unpaired) electrons. The van der Waals surface area contributed by atoms with Crippen molar-refractivity contribution >= 4 is 18.4 Å². The number of nitrogens with two attached hydrogens (primary N) is 1. The Kier molecular flexibility index (Phi) is 5.20. The Balaban J connectivity index is 0.00000225. The molecule has 0 aliphatic carbocycles. The molecule has 6 heteroatoms. The van der Waals surface area contributed by atoms with Gasteiger partial charge in [-0.15, -0.1) is 12.4 Å². The molecule has 0 saturated heterocycles. The monoisotopic (exact) mass is 249 g/mol. The van der Waals surface area contributed by atoms with Crippen molar-refractivity contribution in [2.75, 3.05) is 6.67 Å². The first-order valence-corrected chi connectivity index (χ1v) is 4.35. The molecule has 1 aromatic rings. The third kappa shape index (κ3) is 2.84. The van der Waals surface area contributed by atoms with Crippen molar-refractivity contribution in [1.29, 1.82) is 0 Å². The number of phenolic OH excluding ortho intramolecular Hbond substituents is 1. The van der Waals surface area contributed by atoms with E-state index in [1.165, 1.54) is 19.1 Å². The fourth-order valence-electron chi connectivity index (χ4n) is 1.30. The lowest BCUT2D eigenvalue weighted by Gasteiger charge is -2.12. The molecule has 0 fully saturated rings. The smallest absolute Gasteiger partial charge is 0.335 e. The maximum atomic E-state index is 12.3. The molecule has 0 unspecified atom stereocenters. The first kappa shape index (κ1) is 14.7. The maximum absolute atomic E-state index is 12.3. The number of carboxylic acid groups (broad SMARTS) is 1. The van der Waals surface area contributed by atoms with Gasteiger partial charge in [-0.25, -0.2) is 9.18 Å². The lowest BCUT2D eigenvalue weighted by molar-refractivity contribution is 0.0696. The number of phenols is 1. The first-order chi connectivity index (χ1) is 6.97. The Morgan fingerprint density at radius 1 is 1.56 bits per heavy atom. The third-order valence-electron chi connectivity index (χ3n) is 2.14. The average molecular weight is 250 g/mol. The van der Waals surface area contributed by atoms with E-state index in [0.29, 0.717) is 5.56 Å². The minimum atomic E-state index is -1.13. The number of rotatable bonds is 3. The van der Waals surface area contributed by atoms with Gasteiger partial charge in [-0.05, 0) is 24.6 Å². The molecule has 1 rings (SSSR count). The van der Waals surface area contributed by atoms with E-state index < -0.39 is 18.7 Å². The lowest BCUT2D eigenvalue weighted by atomic mass is 10.0. The van der Waals surface area contributed by atoms with Crippen LogP contribution >= 0.6 is 12.4 Å². The molecule has 0 aromatic heterocycles. The van der Waals surface area contributed by atoms with Gasteiger partial charge >= 0.3 is 5.97 Å². The molecule has 0 amide bonds. The number of aromatic carboxylic acids is 1. The van der Waals surface area contributed by atoms with Crippen LogP contribution in [0.4, 0.5) is 4.39 Å². The summed E-state index contributed by atoms with van der Waals surface area (Å²) in [5.74, 6) is -1.28. The zero-order valence-electron chi connectivity index (χ0n) is 8.61. The molecule has 0 aliphatic heterocycles. The highest BCUT2D eigenvalue weighted by Crippen LogP contribution is 2.28. The molecule has 4 N–H and O–H groups in total. The highest BCUT2D eigenvalue weighted by Gasteiger charge is 2.16. The molecule has 90 valence electrons. The fourth-order valence-corrected chi connectivity index (χ4v) is 1.30. The Morgan fingerprint density at radius 3 is 2.56 bits per heavy atom. The van der Waals surface area contributed by atoms with E-state index in [0.717, 1.165) is 0 Å². The van der Waals surface area contributed by atoms with E-state index in [-0.39, 0.29) is 29.3 Å². The Bertz CT molecular complexity index is 398.